The summed E-state index contributed by atoms with van der Waals surface area (Å²) in [6, 6.07) is 7.36. The fourth-order valence-corrected chi connectivity index (χ4v) is 4.23. The van der Waals surface area contributed by atoms with E-state index in [4.69, 9.17) is 9.47 Å². The van der Waals surface area contributed by atoms with Crippen molar-refractivity contribution in [2.75, 3.05) is 18.1 Å². The Morgan fingerprint density at radius 2 is 2.00 bits per heavy atom. The first kappa shape index (κ1) is 14.0. The summed E-state index contributed by atoms with van der Waals surface area (Å²) in [5.41, 5.74) is 0.738. The first-order chi connectivity index (χ1) is 9.80. The number of rotatable bonds is 3. The number of thioether (sulfide) groups is 1. The van der Waals surface area contributed by atoms with Crippen LogP contribution in [0.2, 0.25) is 0 Å². The first-order valence-electron chi connectivity index (χ1n) is 7.23. The largest absolute Gasteiger partial charge is 0.490 e. The fraction of sp³-hybridized carbons (Fsp3) is 0.562. The number of benzene rings is 1. The second-order valence-corrected chi connectivity index (χ2v) is 6.79. The summed E-state index contributed by atoms with van der Waals surface area (Å²) >= 11 is 2.02. The summed E-state index contributed by atoms with van der Waals surface area (Å²) in [7, 11) is 0. The molecule has 0 N–H and O–H groups in total. The van der Waals surface area contributed by atoms with E-state index in [9.17, 15) is 4.79 Å². The molecule has 1 unspecified atom stereocenters. The molecule has 0 bridgehead atoms. The van der Waals surface area contributed by atoms with Gasteiger partial charge in [-0.3, -0.25) is 4.79 Å². The molecule has 2 fully saturated rings. The van der Waals surface area contributed by atoms with E-state index in [1.54, 1.807) is 12.1 Å². The Bertz CT molecular complexity index is 446. The van der Waals surface area contributed by atoms with Gasteiger partial charge in [0.15, 0.2) is 0 Å². The van der Waals surface area contributed by atoms with Gasteiger partial charge in [-0.1, -0.05) is 0 Å². The molecule has 0 radical (unpaired) electrons. The van der Waals surface area contributed by atoms with Crippen molar-refractivity contribution in [2.45, 2.75) is 37.4 Å². The van der Waals surface area contributed by atoms with Gasteiger partial charge in [-0.15, -0.1) is 0 Å². The monoisotopic (exact) mass is 292 g/mol. The van der Waals surface area contributed by atoms with Crippen LogP contribution in [-0.2, 0) is 4.74 Å². The van der Waals surface area contributed by atoms with Crippen LogP contribution in [0.5, 0.6) is 5.75 Å². The Morgan fingerprint density at radius 3 is 2.70 bits per heavy atom. The van der Waals surface area contributed by atoms with E-state index in [0.29, 0.717) is 5.56 Å². The summed E-state index contributed by atoms with van der Waals surface area (Å²) in [6.07, 6.45) is 5.30. The minimum atomic E-state index is 0.0525. The molecule has 2 saturated heterocycles. The molecule has 108 valence electrons. The standard InChI is InChI=1S/C16H20O3S/c17-12-13-1-3-14(4-2-13)19-15-5-8-18-16(11-15)6-9-20-10-7-16/h1-4,12,15H,5-11H2. The van der Waals surface area contributed by atoms with Gasteiger partial charge < -0.3 is 9.47 Å². The smallest absolute Gasteiger partial charge is 0.150 e. The van der Waals surface area contributed by atoms with E-state index in [2.05, 4.69) is 0 Å². The Morgan fingerprint density at radius 1 is 1.25 bits per heavy atom. The summed E-state index contributed by atoms with van der Waals surface area (Å²) in [6.45, 7) is 0.793. The van der Waals surface area contributed by atoms with Gasteiger partial charge in [0, 0.05) is 18.4 Å². The molecule has 0 aliphatic carbocycles. The quantitative estimate of drug-likeness (QED) is 0.801. The number of ether oxygens (including phenoxy) is 2. The fourth-order valence-electron chi connectivity index (χ4n) is 2.99. The summed E-state index contributed by atoms with van der Waals surface area (Å²) in [4.78, 5) is 10.7. The number of hydrogen-bond acceptors (Lipinski definition) is 4. The molecule has 4 heteroatoms. The minimum Gasteiger partial charge on any atom is -0.490 e. The van der Waals surface area contributed by atoms with Gasteiger partial charge in [-0.2, -0.15) is 11.8 Å². The average molecular weight is 292 g/mol. The second-order valence-electron chi connectivity index (χ2n) is 5.56. The van der Waals surface area contributed by atoms with Gasteiger partial charge in [0.1, 0.15) is 18.1 Å². The van der Waals surface area contributed by atoms with Crippen molar-refractivity contribution in [3.63, 3.8) is 0 Å². The number of hydrogen-bond donors (Lipinski definition) is 0. The molecule has 2 heterocycles. The van der Waals surface area contributed by atoms with E-state index in [0.717, 1.165) is 44.3 Å². The third-order valence-corrected chi connectivity index (χ3v) is 5.16. The number of aldehydes is 1. The van der Waals surface area contributed by atoms with Crippen LogP contribution < -0.4 is 4.74 Å². The lowest BCUT2D eigenvalue weighted by atomic mass is 9.86. The number of carbonyl (C=O) groups is 1. The maximum Gasteiger partial charge on any atom is 0.150 e. The van der Waals surface area contributed by atoms with E-state index < -0.39 is 0 Å². The Balaban J connectivity index is 1.63. The van der Waals surface area contributed by atoms with Crippen LogP contribution in [0.25, 0.3) is 0 Å². The number of carbonyl (C=O) groups excluding carboxylic acids is 1. The van der Waals surface area contributed by atoms with E-state index in [1.165, 1.54) is 11.5 Å². The van der Waals surface area contributed by atoms with Gasteiger partial charge in [0.05, 0.1) is 12.2 Å². The zero-order valence-electron chi connectivity index (χ0n) is 11.5. The highest BCUT2D eigenvalue weighted by atomic mass is 32.2. The van der Waals surface area contributed by atoms with Gasteiger partial charge >= 0.3 is 0 Å². The second kappa shape index (κ2) is 6.19. The average Bonchev–Trinajstić information content (AvgIpc) is 2.49. The molecule has 1 spiro atoms. The molecule has 1 aromatic carbocycles. The maximum absolute atomic E-state index is 10.7. The molecular weight excluding hydrogens is 272 g/mol. The van der Waals surface area contributed by atoms with Crippen LogP contribution in [-0.4, -0.2) is 36.1 Å². The van der Waals surface area contributed by atoms with Gasteiger partial charge in [0.25, 0.3) is 0 Å². The van der Waals surface area contributed by atoms with Gasteiger partial charge in [-0.05, 0) is 48.6 Å². The van der Waals surface area contributed by atoms with Crippen LogP contribution in [0, 0.1) is 0 Å². The SMILES string of the molecule is O=Cc1ccc(OC2CCOC3(CCSCC3)C2)cc1. The minimum absolute atomic E-state index is 0.0525. The van der Waals surface area contributed by atoms with E-state index >= 15 is 0 Å². The van der Waals surface area contributed by atoms with E-state index in [-0.39, 0.29) is 11.7 Å². The highest BCUT2D eigenvalue weighted by molar-refractivity contribution is 7.99. The zero-order chi connectivity index (χ0) is 13.8. The summed E-state index contributed by atoms with van der Waals surface area (Å²) in [5.74, 6) is 3.24. The van der Waals surface area contributed by atoms with Crippen molar-refractivity contribution in [2.24, 2.45) is 0 Å². The summed E-state index contributed by atoms with van der Waals surface area (Å²) < 4.78 is 12.2. The predicted octanol–water partition coefficient (Wildman–Crippen LogP) is 3.32. The highest BCUT2D eigenvalue weighted by Gasteiger charge is 2.39. The Kier molecular flexibility index (Phi) is 4.32. The van der Waals surface area contributed by atoms with Crippen LogP contribution >= 0.6 is 11.8 Å². The molecule has 0 aromatic heterocycles. The lowest BCUT2D eigenvalue weighted by Crippen LogP contribution is -2.46. The zero-order valence-corrected chi connectivity index (χ0v) is 12.4. The van der Waals surface area contributed by atoms with E-state index in [1.807, 2.05) is 23.9 Å². The lowest BCUT2D eigenvalue weighted by Gasteiger charge is -2.43. The van der Waals surface area contributed by atoms with Crippen molar-refractivity contribution in [1.29, 1.82) is 0 Å². The van der Waals surface area contributed by atoms with Crippen molar-refractivity contribution in [1.82, 2.24) is 0 Å². The van der Waals surface area contributed by atoms with Crippen LogP contribution in [0.4, 0.5) is 0 Å². The Hall–Kier alpha value is -1.00. The normalized spacial score (nSPS) is 25.3. The van der Waals surface area contributed by atoms with Gasteiger partial charge in [-0.25, -0.2) is 0 Å². The maximum atomic E-state index is 10.7. The molecule has 3 nitrogen and oxygen atoms in total. The Labute approximate surface area is 124 Å². The van der Waals surface area contributed by atoms with Crippen molar-refractivity contribution in [3.8, 4) is 5.75 Å². The molecule has 0 amide bonds. The van der Waals surface area contributed by atoms with Gasteiger partial charge in [0.2, 0.25) is 0 Å². The van der Waals surface area contributed by atoms with Crippen molar-refractivity contribution >= 4 is 18.0 Å². The molecule has 20 heavy (non-hydrogen) atoms. The molecule has 0 saturated carbocycles. The molecule has 2 aliphatic rings. The highest BCUT2D eigenvalue weighted by Crippen LogP contribution is 2.38. The van der Waals surface area contributed by atoms with Crippen LogP contribution in [0.1, 0.15) is 36.0 Å². The summed E-state index contributed by atoms with van der Waals surface area (Å²) in [5, 5.41) is 0. The third kappa shape index (κ3) is 3.18. The third-order valence-electron chi connectivity index (χ3n) is 4.17. The molecule has 2 aliphatic heterocycles. The van der Waals surface area contributed by atoms with Crippen LogP contribution in [0.3, 0.4) is 0 Å². The molecule has 1 aromatic rings. The molecule has 3 rings (SSSR count). The molecule has 1 atom stereocenters. The molecular formula is C16H20O3S. The lowest BCUT2D eigenvalue weighted by molar-refractivity contribution is -0.116. The topological polar surface area (TPSA) is 35.5 Å². The first-order valence-corrected chi connectivity index (χ1v) is 8.39. The predicted molar refractivity (Wildman–Crippen MR) is 80.7 cm³/mol. The van der Waals surface area contributed by atoms with Crippen molar-refractivity contribution in [3.05, 3.63) is 29.8 Å². The van der Waals surface area contributed by atoms with Crippen molar-refractivity contribution < 1.29 is 14.3 Å². The van der Waals surface area contributed by atoms with Crippen LogP contribution in [0.15, 0.2) is 24.3 Å².